The van der Waals surface area contributed by atoms with E-state index in [-0.39, 0.29) is 27.9 Å². The fourth-order valence-corrected chi connectivity index (χ4v) is 7.15. The van der Waals surface area contributed by atoms with Crippen LogP contribution in [0.5, 0.6) is 5.75 Å². The number of rotatable bonds is 7. The van der Waals surface area contributed by atoms with Crippen molar-refractivity contribution in [3.63, 3.8) is 0 Å². The van der Waals surface area contributed by atoms with Gasteiger partial charge < -0.3 is 14.2 Å². The van der Waals surface area contributed by atoms with Crippen molar-refractivity contribution in [3.05, 3.63) is 125 Å². The summed E-state index contributed by atoms with van der Waals surface area (Å²) in [5, 5.41) is 1.34. The number of fused-ring (bicyclic) bond motifs is 3. The fraction of sp³-hybridized carbons (Fsp3) is 0.182. The molecule has 0 saturated heterocycles. The highest BCUT2D eigenvalue weighted by Crippen LogP contribution is 2.31. The van der Waals surface area contributed by atoms with Crippen molar-refractivity contribution in [1.82, 2.24) is 9.47 Å². The van der Waals surface area contributed by atoms with Crippen molar-refractivity contribution in [2.75, 3.05) is 18.0 Å². The molecule has 0 atom stereocenters. The lowest BCUT2D eigenvalue weighted by Gasteiger charge is -2.26. The summed E-state index contributed by atoms with van der Waals surface area (Å²) < 4.78 is 37.3. The van der Waals surface area contributed by atoms with Gasteiger partial charge in [0.05, 0.1) is 41.4 Å². The molecule has 1 aliphatic rings. The number of methoxy groups -OCH3 is 1. The molecule has 214 valence electrons. The van der Waals surface area contributed by atoms with Crippen LogP contribution < -0.4 is 9.04 Å². The van der Waals surface area contributed by atoms with E-state index in [2.05, 4.69) is 22.8 Å². The zero-order chi connectivity index (χ0) is 29.3. The smallest absolute Gasteiger partial charge is 0.264 e. The van der Waals surface area contributed by atoms with Gasteiger partial charge in [-0.1, -0.05) is 60.1 Å². The van der Waals surface area contributed by atoms with E-state index in [0.29, 0.717) is 24.5 Å². The Morgan fingerprint density at radius 1 is 0.905 bits per heavy atom. The van der Waals surface area contributed by atoms with Gasteiger partial charge in [0.1, 0.15) is 5.75 Å². The number of para-hydroxylation sites is 1. The van der Waals surface area contributed by atoms with E-state index >= 15 is 0 Å². The van der Waals surface area contributed by atoms with Crippen LogP contribution in [0.4, 0.5) is 5.69 Å². The molecule has 0 saturated carbocycles. The molecule has 0 fully saturated rings. The van der Waals surface area contributed by atoms with E-state index in [0.717, 1.165) is 35.1 Å². The van der Waals surface area contributed by atoms with Crippen molar-refractivity contribution in [1.29, 1.82) is 0 Å². The van der Waals surface area contributed by atoms with Crippen LogP contribution in [0.1, 0.15) is 28.0 Å². The van der Waals surface area contributed by atoms with Gasteiger partial charge >= 0.3 is 0 Å². The van der Waals surface area contributed by atoms with E-state index in [1.807, 2.05) is 42.5 Å². The van der Waals surface area contributed by atoms with E-state index in [4.69, 9.17) is 16.3 Å². The largest absolute Gasteiger partial charge is 0.497 e. The van der Waals surface area contributed by atoms with Gasteiger partial charge in [-0.3, -0.25) is 9.10 Å². The maximum Gasteiger partial charge on any atom is 0.264 e. The molecule has 6 rings (SSSR count). The average molecular weight is 600 g/mol. The SMILES string of the molecule is COc1ccc(N(Cc2ccccc2)S(=O)(=O)c2ccc(Cl)c(C(=O)N3CCCn4c(cc5ccccc54)C3)c2)cc1. The highest BCUT2D eigenvalue weighted by atomic mass is 35.5. The van der Waals surface area contributed by atoms with Gasteiger partial charge in [0, 0.05) is 24.3 Å². The second-order valence-corrected chi connectivity index (χ2v) is 12.5. The van der Waals surface area contributed by atoms with Crippen LogP contribution in [0.15, 0.2) is 108 Å². The summed E-state index contributed by atoms with van der Waals surface area (Å²) in [6.45, 7) is 1.85. The summed E-state index contributed by atoms with van der Waals surface area (Å²) in [5.74, 6) is 0.321. The third-order valence-electron chi connectivity index (χ3n) is 7.63. The lowest BCUT2D eigenvalue weighted by molar-refractivity contribution is 0.0745. The van der Waals surface area contributed by atoms with Gasteiger partial charge in [-0.25, -0.2) is 8.42 Å². The lowest BCUT2D eigenvalue weighted by atomic mass is 10.2. The maximum atomic E-state index is 14.2. The van der Waals surface area contributed by atoms with Gasteiger partial charge in [0.25, 0.3) is 15.9 Å². The first kappa shape index (κ1) is 27.9. The van der Waals surface area contributed by atoms with Gasteiger partial charge in [0.2, 0.25) is 0 Å². The van der Waals surface area contributed by atoms with Crippen LogP contribution in [0.3, 0.4) is 0 Å². The average Bonchev–Trinajstić information content (AvgIpc) is 3.22. The van der Waals surface area contributed by atoms with E-state index in [1.54, 1.807) is 36.3 Å². The quantitative estimate of drug-likeness (QED) is 0.208. The van der Waals surface area contributed by atoms with Crippen LogP contribution in [0.25, 0.3) is 10.9 Å². The minimum atomic E-state index is -4.09. The summed E-state index contributed by atoms with van der Waals surface area (Å²) in [4.78, 5) is 15.6. The first-order valence-electron chi connectivity index (χ1n) is 13.7. The summed E-state index contributed by atoms with van der Waals surface area (Å²) in [6, 6.07) is 30.9. The molecule has 1 aromatic heterocycles. The zero-order valence-corrected chi connectivity index (χ0v) is 24.7. The predicted molar refractivity (Wildman–Crippen MR) is 166 cm³/mol. The Kier molecular flexibility index (Phi) is 7.66. The summed E-state index contributed by atoms with van der Waals surface area (Å²) in [5.41, 5.74) is 3.64. The summed E-state index contributed by atoms with van der Waals surface area (Å²) >= 11 is 6.55. The highest BCUT2D eigenvalue weighted by Gasteiger charge is 2.29. The van der Waals surface area contributed by atoms with Crippen LogP contribution >= 0.6 is 11.6 Å². The van der Waals surface area contributed by atoms with E-state index < -0.39 is 10.0 Å². The second-order valence-electron chi connectivity index (χ2n) is 10.3. The molecule has 7 nitrogen and oxygen atoms in total. The van der Waals surface area contributed by atoms with E-state index in [1.165, 1.54) is 22.5 Å². The number of halogens is 1. The highest BCUT2D eigenvalue weighted by molar-refractivity contribution is 7.92. The first-order valence-corrected chi connectivity index (χ1v) is 15.5. The van der Waals surface area contributed by atoms with Crippen molar-refractivity contribution in [2.24, 2.45) is 0 Å². The van der Waals surface area contributed by atoms with Gasteiger partial charge in [-0.2, -0.15) is 0 Å². The number of sulfonamides is 1. The molecule has 0 aliphatic carbocycles. The second kappa shape index (κ2) is 11.5. The molecular weight excluding hydrogens is 570 g/mol. The number of ether oxygens (including phenoxy) is 1. The molecule has 4 aromatic carbocycles. The number of nitrogens with zero attached hydrogens (tertiary/aromatic N) is 3. The number of aromatic nitrogens is 1. The lowest BCUT2D eigenvalue weighted by Crippen LogP contribution is -2.32. The Morgan fingerprint density at radius 3 is 2.40 bits per heavy atom. The van der Waals surface area contributed by atoms with E-state index in [9.17, 15) is 13.2 Å². The predicted octanol–water partition coefficient (Wildman–Crippen LogP) is 6.74. The van der Waals surface area contributed by atoms with Crippen molar-refractivity contribution >= 4 is 44.1 Å². The van der Waals surface area contributed by atoms with Gasteiger partial charge in [-0.15, -0.1) is 0 Å². The zero-order valence-electron chi connectivity index (χ0n) is 23.1. The number of benzene rings is 4. The number of carbonyl (C=O) groups is 1. The maximum absolute atomic E-state index is 14.2. The molecular formula is C33H30ClN3O4S. The number of hydrogen-bond donors (Lipinski definition) is 0. The van der Waals surface area contributed by atoms with Crippen molar-refractivity contribution < 1.29 is 17.9 Å². The van der Waals surface area contributed by atoms with Crippen LogP contribution in [0, 0.1) is 0 Å². The number of carbonyl (C=O) groups excluding carboxylic acids is 1. The number of hydrogen-bond acceptors (Lipinski definition) is 4. The molecule has 5 aromatic rings. The Balaban J connectivity index is 1.35. The summed E-state index contributed by atoms with van der Waals surface area (Å²) in [7, 11) is -2.53. The van der Waals surface area contributed by atoms with Gasteiger partial charge in [-0.05, 0) is 72.0 Å². The molecule has 2 heterocycles. The molecule has 0 unspecified atom stereocenters. The molecule has 0 bridgehead atoms. The Labute approximate surface area is 250 Å². The van der Waals surface area contributed by atoms with Gasteiger partial charge in [0.15, 0.2) is 0 Å². The molecule has 1 amide bonds. The molecule has 9 heteroatoms. The number of amides is 1. The third kappa shape index (κ3) is 5.35. The van der Waals surface area contributed by atoms with Crippen molar-refractivity contribution in [3.8, 4) is 5.75 Å². The first-order chi connectivity index (χ1) is 20.3. The molecule has 0 radical (unpaired) electrons. The number of aryl methyl sites for hydroxylation is 1. The molecule has 42 heavy (non-hydrogen) atoms. The molecule has 0 spiro atoms. The molecule has 0 N–H and O–H groups in total. The minimum Gasteiger partial charge on any atom is -0.497 e. The standard InChI is InChI=1S/C33H30ClN3O4S/c1-41-28-14-12-26(13-15-28)37(22-24-8-3-2-4-9-24)42(39,40)29-16-17-31(34)30(21-29)33(38)35-18-7-19-36-27(23-35)20-25-10-5-6-11-32(25)36/h2-6,8-17,20-21H,7,18-19,22-23H2,1H3. The van der Waals surface area contributed by atoms with Crippen LogP contribution in [0.2, 0.25) is 5.02 Å². The monoisotopic (exact) mass is 599 g/mol. The normalized spacial score (nSPS) is 13.4. The number of anilines is 1. The Bertz CT molecular complexity index is 1850. The Morgan fingerprint density at radius 2 is 1.64 bits per heavy atom. The van der Waals surface area contributed by atoms with Crippen LogP contribution in [-0.4, -0.2) is 37.4 Å². The third-order valence-corrected chi connectivity index (χ3v) is 9.73. The molecule has 1 aliphatic heterocycles. The van der Waals surface area contributed by atoms with Crippen molar-refractivity contribution in [2.45, 2.75) is 31.0 Å². The fourth-order valence-electron chi connectivity index (χ4n) is 5.47. The topological polar surface area (TPSA) is 71.8 Å². The van der Waals surface area contributed by atoms with Crippen LogP contribution in [-0.2, 0) is 29.7 Å². The summed E-state index contributed by atoms with van der Waals surface area (Å²) in [6.07, 6.45) is 0.773. The Hall–Kier alpha value is -4.27. The minimum absolute atomic E-state index is 0.00839.